The van der Waals surface area contributed by atoms with E-state index in [1.807, 2.05) is 36.4 Å². The topological polar surface area (TPSA) is 60.2 Å². The van der Waals surface area contributed by atoms with Crippen molar-refractivity contribution in [1.82, 2.24) is 0 Å². The molecule has 0 N–H and O–H groups in total. The molecular formula is C19H16NO3PS. The van der Waals surface area contributed by atoms with Gasteiger partial charge in [0.15, 0.2) is 7.14 Å². The molecule has 6 heteroatoms. The van der Waals surface area contributed by atoms with Crippen LogP contribution in [0.3, 0.4) is 0 Å². The van der Waals surface area contributed by atoms with Gasteiger partial charge >= 0.3 is 0 Å². The van der Waals surface area contributed by atoms with Crippen LogP contribution < -0.4 is 15.9 Å². The van der Waals surface area contributed by atoms with E-state index in [1.54, 1.807) is 37.3 Å². The lowest BCUT2D eigenvalue weighted by Gasteiger charge is -2.21. The van der Waals surface area contributed by atoms with Gasteiger partial charge in [0.25, 0.3) is 5.69 Å². The fraction of sp³-hybridized carbons (Fsp3) is 0.0526. The second-order valence-corrected chi connectivity index (χ2v) is 8.88. The summed E-state index contributed by atoms with van der Waals surface area (Å²) in [5.41, 5.74) is 0.436. The van der Waals surface area contributed by atoms with Crippen LogP contribution in [0.5, 0.6) is 0 Å². The van der Waals surface area contributed by atoms with Gasteiger partial charge in [-0.05, 0) is 13.0 Å². The molecule has 0 aliphatic carbocycles. The van der Waals surface area contributed by atoms with Crippen molar-refractivity contribution in [3.63, 3.8) is 0 Å². The van der Waals surface area contributed by atoms with Crippen molar-refractivity contribution in [1.29, 1.82) is 0 Å². The summed E-state index contributed by atoms with van der Waals surface area (Å²) < 4.78 is 14.3. The van der Waals surface area contributed by atoms with Gasteiger partial charge in [0, 0.05) is 32.4 Å². The summed E-state index contributed by atoms with van der Waals surface area (Å²) in [7, 11) is -3.28. The van der Waals surface area contributed by atoms with E-state index in [0.717, 1.165) is 0 Å². The van der Waals surface area contributed by atoms with Crippen LogP contribution in [0.2, 0.25) is 0 Å². The molecule has 0 saturated heterocycles. The Bertz CT molecular complexity index is 931. The highest BCUT2D eigenvalue weighted by molar-refractivity contribution is 7.87. The van der Waals surface area contributed by atoms with Gasteiger partial charge < -0.3 is 4.57 Å². The van der Waals surface area contributed by atoms with E-state index < -0.39 is 12.1 Å². The third-order valence-corrected chi connectivity index (χ3v) is 7.71. The highest BCUT2D eigenvalue weighted by Gasteiger charge is 2.33. The van der Waals surface area contributed by atoms with Gasteiger partial charge in [-0.15, -0.1) is 12.6 Å². The van der Waals surface area contributed by atoms with Crippen LogP contribution in [-0.4, -0.2) is 4.92 Å². The molecule has 0 fully saturated rings. The molecule has 0 heterocycles. The number of nitro groups is 1. The minimum atomic E-state index is -3.28. The van der Waals surface area contributed by atoms with Crippen molar-refractivity contribution in [3.8, 4) is 0 Å². The van der Waals surface area contributed by atoms with Gasteiger partial charge in [-0.2, -0.15) is 0 Å². The van der Waals surface area contributed by atoms with E-state index in [2.05, 4.69) is 12.6 Å². The molecule has 4 nitrogen and oxygen atoms in total. The van der Waals surface area contributed by atoms with E-state index >= 15 is 0 Å². The van der Waals surface area contributed by atoms with Crippen LogP contribution in [0.4, 0.5) is 5.69 Å². The van der Waals surface area contributed by atoms with Gasteiger partial charge in [0.1, 0.15) is 0 Å². The van der Waals surface area contributed by atoms with Crippen molar-refractivity contribution in [3.05, 3.63) is 88.5 Å². The molecule has 126 valence electrons. The number of nitrogens with zero attached hydrogens (tertiary/aromatic N) is 1. The molecule has 3 aromatic rings. The van der Waals surface area contributed by atoms with Gasteiger partial charge in [0.2, 0.25) is 0 Å². The van der Waals surface area contributed by atoms with E-state index in [-0.39, 0.29) is 5.69 Å². The summed E-state index contributed by atoms with van der Waals surface area (Å²) >= 11 is 4.48. The average molecular weight is 369 g/mol. The maximum atomic E-state index is 14.3. The third-order valence-electron chi connectivity index (χ3n) is 4.07. The molecule has 0 radical (unpaired) electrons. The Balaban J connectivity index is 2.37. The normalized spacial score (nSPS) is 11.3. The zero-order valence-electron chi connectivity index (χ0n) is 13.5. The summed E-state index contributed by atoms with van der Waals surface area (Å²) in [4.78, 5) is 11.4. The quantitative estimate of drug-likeness (QED) is 0.329. The number of aryl methyl sites for hydroxylation is 1. The number of nitro benzene ring substituents is 1. The van der Waals surface area contributed by atoms with E-state index in [4.69, 9.17) is 0 Å². The Morgan fingerprint density at radius 3 is 1.84 bits per heavy atom. The zero-order valence-corrected chi connectivity index (χ0v) is 15.3. The van der Waals surface area contributed by atoms with Crippen molar-refractivity contribution < 1.29 is 9.49 Å². The largest absolute Gasteiger partial charge is 0.309 e. The Morgan fingerprint density at radius 2 is 1.40 bits per heavy atom. The molecule has 0 amide bonds. The van der Waals surface area contributed by atoms with E-state index in [9.17, 15) is 14.7 Å². The summed E-state index contributed by atoms with van der Waals surface area (Å²) in [6.45, 7) is 1.65. The first-order valence-electron chi connectivity index (χ1n) is 7.64. The fourth-order valence-corrected chi connectivity index (χ4v) is 6.23. The lowest BCUT2D eigenvalue weighted by atomic mass is 10.2. The number of hydrogen-bond donors (Lipinski definition) is 1. The zero-order chi connectivity index (χ0) is 18.0. The molecule has 0 unspecified atom stereocenters. The fourth-order valence-electron chi connectivity index (χ4n) is 2.82. The monoisotopic (exact) mass is 369 g/mol. The van der Waals surface area contributed by atoms with Gasteiger partial charge in [0.05, 0.1) is 4.92 Å². The molecule has 3 aromatic carbocycles. The van der Waals surface area contributed by atoms with Crippen molar-refractivity contribution in [2.24, 2.45) is 0 Å². The number of benzene rings is 3. The number of rotatable bonds is 4. The van der Waals surface area contributed by atoms with Crippen LogP contribution in [0.25, 0.3) is 0 Å². The molecule has 0 aromatic heterocycles. The van der Waals surface area contributed by atoms with Crippen molar-refractivity contribution in [2.45, 2.75) is 11.8 Å². The van der Waals surface area contributed by atoms with Gasteiger partial charge in [-0.1, -0.05) is 60.7 Å². The summed E-state index contributed by atoms with van der Waals surface area (Å²) in [5.74, 6) is 0. The predicted octanol–water partition coefficient (Wildman–Crippen LogP) is 3.83. The maximum absolute atomic E-state index is 14.3. The molecular weight excluding hydrogens is 353 g/mol. The second-order valence-electron chi connectivity index (χ2n) is 5.66. The molecule has 0 aliphatic rings. The van der Waals surface area contributed by atoms with E-state index in [0.29, 0.717) is 26.4 Å². The van der Waals surface area contributed by atoms with E-state index in [1.165, 1.54) is 6.07 Å². The molecule has 0 saturated carbocycles. The van der Waals surface area contributed by atoms with Crippen LogP contribution in [0, 0.1) is 17.0 Å². The number of thiol groups is 1. The maximum Gasteiger partial charge on any atom is 0.273 e. The predicted molar refractivity (Wildman–Crippen MR) is 104 cm³/mol. The number of hydrogen-bond acceptors (Lipinski definition) is 4. The van der Waals surface area contributed by atoms with Crippen molar-refractivity contribution >= 4 is 41.4 Å². The summed E-state index contributed by atoms with van der Waals surface area (Å²) in [6, 6.07) is 21.1. The minimum Gasteiger partial charge on any atom is -0.309 e. The van der Waals surface area contributed by atoms with Crippen LogP contribution in [0.1, 0.15) is 5.56 Å². The highest BCUT2D eigenvalue weighted by Crippen LogP contribution is 2.45. The Kier molecular flexibility index (Phi) is 4.80. The van der Waals surface area contributed by atoms with Crippen LogP contribution in [-0.2, 0) is 4.57 Å². The van der Waals surface area contributed by atoms with Crippen LogP contribution in [0.15, 0.2) is 77.7 Å². The molecule has 0 bridgehead atoms. The summed E-state index contributed by atoms with van der Waals surface area (Å²) in [6.07, 6.45) is 0. The standard InChI is InChI=1S/C19H16NO3PS/c1-14-12-19(25)18(13-17(14)20(21)22)24(23,15-8-4-2-5-9-15)16-10-6-3-7-11-16/h2-13,25H,1H3. The summed E-state index contributed by atoms with van der Waals surface area (Å²) in [5, 5.41) is 13.0. The first kappa shape index (κ1) is 17.5. The van der Waals surface area contributed by atoms with Gasteiger partial charge in [-0.25, -0.2) is 0 Å². The highest BCUT2D eigenvalue weighted by atomic mass is 32.1. The Morgan fingerprint density at radius 1 is 0.920 bits per heavy atom. The lowest BCUT2D eigenvalue weighted by Crippen LogP contribution is -2.26. The van der Waals surface area contributed by atoms with Crippen molar-refractivity contribution in [2.75, 3.05) is 0 Å². The Labute approximate surface area is 151 Å². The molecule has 25 heavy (non-hydrogen) atoms. The molecule has 0 spiro atoms. The van der Waals surface area contributed by atoms with Crippen LogP contribution >= 0.6 is 19.8 Å². The molecule has 0 atom stereocenters. The molecule has 3 rings (SSSR count). The van der Waals surface area contributed by atoms with Gasteiger partial charge in [-0.3, -0.25) is 10.1 Å². The SMILES string of the molecule is Cc1cc(S)c(P(=O)(c2ccccc2)c2ccccc2)cc1[N+](=O)[O-]. The second kappa shape index (κ2) is 6.87. The third kappa shape index (κ3) is 3.13. The molecule has 0 aliphatic heterocycles. The minimum absolute atomic E-state index is 0.0557. The first-order valence-corrected chi connectivity index (χ1v) is 9.80. The first-order chi connectivity index (χ1) is 11.9. The Hall–Kier alpha value is -2.36. The smallest absolute Gasteiger partial charge is 0.273 e. The lowest BCUT2D eigenvalue weighted by molar-refractivity contribution is -0.385. The average Bonchev–Trinajstić information content (AvgIpc) is 2.62.